The summed E-state index contributed by atoms with van der Waals surface area (Å²) in [6.07, 6.45) is 0.864. The van der Waals surface area contributed by atoms with Gasteiger partial charge < -0.3 is 15.5 Å². The lowest BCUT2D eigenvalue weighted by Gasteiger charge is -2.12. The third-order valence-electron chi connectivity index (χ3n) is 2.83. The minimum atomic E-state index is -0.0232. The van der Waals surface area contributed by atoms with Crippen molar-refractivity contribution in [3.8, 4) is 0 Å². The van der Waals surface area contributed by atoms with Gasteiger partial charge >= 0.3 is 0 Å². The van der Waals surface area contributed by atoms with E-state index in [-0.39, 0.29) is 12.5 Å². The Morgan fingerprint density at radius 1 is 1.24 bits per heavy atom. The van der Waals surface area contributed by atoms with Gasteiger partial charge in [0, 0.05) is 32.2 Å². The van der Waals surface area contributed by atoms with Crippen molar-refractivity contribution in [2.45, 2.75) is 13.3 Å². The van der Waals surface area contributed by atoms with Crippen LogP contribution in [0.5, 0.6) is 0 Å². The second-order valence-corrected chi connectivity index (χ2v) is 5.22. The number of benzene rings is 1. The Morgan fingerprint density at radius 2 is 1.90 bits per heavy atom. The first-order valence-electron chi connectivity index (χ1n) is 6.99. The lowest BCUT2D eigenvalue weighted by atomic mass is 10.1. The van der Waals surface area contributed by atoms with Crippen LogP contribution >= 0.6 is 11.6 Å². The van der Waals surface area contributed by atoms with Crippen molar-refractivity contribution < 1.29 is 4.79 Å². The van der Waals surface area contributed by atoms with Crippen LogP contribution in [0.15, 0.2) is 29.3 Å². The lowest BCUT2D eigenvalue weighted by molar-refractivity contribution is -0.127. The number of carbonyl (C=O) groups excluding carboxylic acids is 1. The van der Waals surface area contributed by atoms with E-state index in [2.05, 4.69) is 15.6 Å². The smallest absolute Gasteiger partial charge is 0.243 e. The fourth-order valence-electron chi connectivity index (χ4n) is 1.61. The minimum absolute atomic E-state index is 0.0232. The van der Waals surface area contributed by atoms with Gasteiger partial charge in [-0.15, -0.1) is 0 Å². The molecule has 0 heterocycles. The molecule has 0 aliphatic carbocycles. The standard InChI is InChI=1S/C15H23ClN4O/c1-4-17-15(19-11-14(21)20(2)3)18-10-9-12-5-7-13(16)8-6-12/h5-8H,4,9-11H2,1-3H3,(H2,17,18,19). The maximum Gasteiger partial charge on any atom is 0.243 e. The second-order valence-electron chi connectivity index (χ2n) is 4.79. The van der Waals surface area contributed by atoms with Crippen molar-refractivity contribution in [3.05, 3.63) is 34.9 Å². The van der Waals surface area contributed by atoms with Crippen molar-refractivity contribution in [1.82, 2.24) is 15.5 Å². The first-order valence-corrected chi connectivity index (χ1v) is 7.37. The van der Waals surface area contributed by atoms with Gasteiger partial charge in [0.15, 0.2) is 5.96 Å². The van der Waals surface area contributed by atoms with Gasteiger partial charge in [-0.2, -0.15) is 0 Å². The maximum absolute atomic E-state index is 11.5. The van der Waals surface area contributed by atoms with E-state index in [1.807, 2.05) is 31.2 Å². The van der Waals surface area contributed by atoms with E-state index >= 15 is 0 Å². The molecule has 0 bridgehead atoms. The summed E-state index contributed by atoms with van der Waals surface area (Å²) in [5, 5.41) is 7.07. The summed E-state index contributed by atoms with van der Waals surface area (Å²) in [7, 11) is 3.44. The molecular formula is C15H23ClN4O. The molecule has 0 unspecified atom stereocenters. The van der Waals surface area contributed by atoms with Gasteiger partial charge in [-0.3, -0.25) is 4.79 Å². The number of nitrogens with one attached hydrogen (secondary N) is 2. The normalized spacial score (nSPS) is 11.1. The average Bonchev–Trinajstić information content (AvgIpc) is 2.46. The molecule has 0 atom stereocenters. The molecule has 21 heavy (non-hydrogen) atoms. The van der Waals surface area contributed by atoms with E-state index in [1.165, 1.54) is 10.5 Å². The first-order chi connectivity index (χ1) is 10.0. The molecule has 0 fully saturated rings. The third kappa shape index (κ3) is 6.99. The van der Waals surface area contributed by atoms with Gasteiger partial charge in [0.25, 0.3) is 0 Å². The monoisotopic (exact) mass is 310 g/mol. The molecule has 0 radical (unpaired) electrons. The zero-order chi connectivity index (χ0) is 15.7. The second kappa shape index (κ2) is 9.23. The summed E-state index contributed by atoms with van der Waals surface area (Å²) in [5.74, 6) is 0.631. The topological polar surface area (TPSA) is 56.7 Å². The van der Waals surface area contributed by atoms with E-state index in [9.17, 15) is 4.79 Å². The molecular weight excluding hydrogens is 288 g/mol. The van der Waals surface area contributed by atoms with Gasteiger partial charge in [0.1, 0.15) is 6.54 Å². The molecule has 116 valence electrons. The van der Waals surface area contributed by atoms with E-state index in [1.54, 1.807) is 14.1 Å². The van der Waals surface area contributed by atoms with Crippen LogP contribution in [0.25, 0.3) is 0 Å². The Kier molecular flexibility index (Phi) is 7.61. The molecule has 5 nitrogen and oxygen atoms in total. The molecule has 1 aromatic rings. The summed E-state index contributed by atoms with van der Waals surface area (Å²) >= 11 is 5.85. The molecule has 1 amide bonds. The molecule has 6 heteroatoms. The zero-order valence-corrected chi connectivity index (χ0v) is 13.6. The highest BCUT2D eigenvalue weighted by Gasteiger charge is 2.03. The summed E-state index contributed by atoms with van der Waals surface area (Å²) in [4.78, 5) is 17.3. The van der Waals surface area contributed by atoms with Crippen molar-refractivity contribution in [3.63, 3.8) is 0 Å². The van der Waals surface area contributed by atoms with E-state index in [0.717, 1.165) is 24.5 Å². The van der Waals surface area contributed by atoms with Crippen molar-refractivity contribution in [2.24, 2.45) is 4.99 Å². The van der Waals surface area contributed by atoms with E-state index in [0.29, 0.717) is 5.96 Å². The van der Waals surface area contributed by atoms with Gasteiger partial charge in [-0.05, 0) is 31.0 Å². The van der Waals surface area contributed by atoms with Crippen LogP contribution < -0.4 is 10.6 Å². The maximum atomic E-state index is 11.5. The average molecular weight is 311 g/mol. The number of nitrogens with zero attached hydrogens (tertiary/aromatic N) is 2. The molecule has 1 rings (SSSR count). The number of hydrogen-bond donors (Lipinski definition) is 2. The Morgan fingerprint density at radius 3 is 2.48 bits per heavy atom. The highest BCUT2D eigenvalue weighted by Crippen LogP contribution is 2.09. The minimum Gasteiger partial charge on any atom is -0.357 e. The van der Waals surface area contributed by atoms with Crippen LogP contribution in [0, 0.1) is 0 Å². The summed E-state index contributed by atoms with van der Waals surface area (Å²) in [6.45, 7) is 3.62. The number of carbonyl (C=O) groups is 1. The molecule has 1 aromatic carbocycles. The Hall–Kier alpha value is -1.75. The van der Waals surface area contributed by atoms with Gasteiger partial charge in [0.05, 0.1) is 0 Å². The fraction of sp³-hybridized carbons (Fsp3) is 0.467. The molecule has 0 aliphatic rings. The van der Waals surface area contributed by atoms with Crippen LogP contribution in [0.1, 0.15) is 12.5 Å². The Balaban J connectivity index is 2.45. The van der Waals surface area contributed by atoms with Crippen LogP contribution in [-0.2, 0) is 11.2 Å². The van der Waals surface area contributed by atoms with Gasteiger partial charge in [-0.25, -0.2) is 4.99 Å². The SMILES string of the molecule is CCNC(=NCC(=O)N(C)C)NCCc1ccc(Cl)cc1. The van der Waals surface area contributed by atoms with Crippen molar-refractivity contribution in [2.75, 3.05) is 33.7 Å². The summed E-state index contributed by atoms with van der Waals surface area (Å²) < 4.78 is 0. The number of aliphatic imine (C=N–C) groups is 1. The Bertz CT molecular complexity index is 471. The summed E-state index contributed by atoms with van der Waals surface area (Å²) in [6, 6.07) is 7.77. The van der Waals surface area contributed by atoms with E-state index in [4.69, 9.17) is 11.6 Å². The van der Waals surface area contributed by atoms with Crippen molar-refractivity contribution in [1.29, 1.82) is 0 Å². The third-order valence-corrected chi connectivity index (χ3v) is 3.09. The number of hydrogen-bond acceptors (Lipinski definition) is 2. The van der Waals surface area contributed by atoms with Crippen LogP contribution in [0.2, 0.25) is 5.02 Å². The largest absolute Gasteiger partial charge is 0.357 e. The number of guanidine groups is 1. The summed E-state index contributed by atoms with van der Waals surface area (Å²) in [5.41, 5.74) is 1.20. The first kappa shape index (κ1) is 17.3. The van der Waals surface area contributed by atoms with Crippen LogP contribution in [0.4, 0.5) is 0 Å². The predicted molar refractivity (Wildman–Crippen MR) is 87.8 cm³/mol. The number of rotatable bonds is 6. The predicted octanol–water partition coefficient (Wildman–Crippen LogP) is 1.53. The number of halogens is 1. The molecule has 0 aromatic heterocycles. The highest BCUT2D eigenvalue weighted by atomic mass is 35.5. The zero-order valence-electron chi connectivity index (χ0n) is 12.8. The molecule has 0 saturated carbocycles. The van der Waals surface area contributed by atoms with Crippen LogP contribution in [-0.4, -0.2) is 50.5 Å². The van der Waals surface area contributed by atoms with E-state index < -0.39 is 0 Å². The van der Waals surface area contributed by atoms with Crippen molar-refractivity contribution >= 4 is 23.5 Å². The molecule has 2 N–H and O–H groups in total. The molecule has 0 saturated heterocycles. The number of likely N-dealkylation sites (N-methyl/N-ethyl adjacent to an activating group) is 1. The number of amides is 1. The molecule has 0 aliphatic heterocycles. The highest BCUT2D eigenvalue weighted by molar-refractivity contribution is 6.30. The van der Waals surface area contributed by atoms with Gasteiger partial charge in [-0.1, -0.05) is 23.7 Å². The van der Waals surface area contributed by atoms with Gasteiger partial charge in [0.2, 0.25) is 5.91 Å². The fourth-order valence-corrected chi connectivity index (χ4v) is 1.73. The van der Waals surface area contributed by atoms with Crippen LogP contribution in [0.3, 0.4) is 0 Å². The lowest BCUT2D eigenvalue weighted by Crippen LogP contribution is -2.39. The Labute approximate surface area is 131 Å². The molecule has 0 spiro atoms. The quantitative estimate of drug-likeness (QED) is 0.619.